The number of rotatable bonds is 6. The normalized spacial score (nSPS) is 15.5. The number of H-pyrrole nitrogens is 1. The standard InChI is InChI=1S/C23H24FN7O2/c1-14(24)33-21-5-3-17(12-26-21)28-23(32)22-19-10-15(2-4-20(19)29-30-22)16-11-27-31(13-16)18-6-8-25-9-7-18/h2-5,10-14,18,25H,6-9H2,1H3,(H,28,32)(H,29,30). The topological polar surface area (TPSA) is 110 Å². The maximum atomic E-state index is 12.9. The number of nitrogens with one attached hydrogen (secondary N) is 3. The van der Waals surface area contributed by atoms with Gasteiger partial charge in [-0.3, -0.25) is 14.6 Å². The number of halogens is 1. The molecule has 1 fully saturated rings. The molecule has 0 aliphatic carbocycles. The third kappa shape index (κ3) is 4.56. The average molecular weight is 449 g/mol. The largest absolute Gasteiger partial charge is 0.444 e. The zero-order valence-electron chi connectivity index (χ0n) is 18.1. The Labute approximate surface area is 189 Å². The number of anilines is 1. The predicted octanol–water partition coefficient (Wildman–Crippen LogP) is 3.69. The van der Waals surface area contributed by atoms with E-state index in [0.717, 1.165) is 42.6 Å². The number of carbonyl (C=O) groups excluding carboxylic acids is 1. The number of benzene rings is 1. The van der Waals surface area contributed by atoms with Crippen LogP contribution in [0.1, 0.15) is 36.3 Å². The first-order valence-electron chi connectivity index (χ1n) is 10.9. The van der Waals surface area contributed by atoms with Crippen LogP contribution in [0.5, 0.6) is 5.88 Å². The first-order valence-corrected chi connectivity index (χ1v) is 10.9. The summed E-state index contributed by atoms with van der Waals surface area (Å²) < 4.78 is 19.8. The van der Waals surface area contributed by atoms with Gasteiger partial charge in [-0.05, 0) is 49.7 Å². The monoisotopic (exact) mass is 449 g/mol. The molecular weight excluding hydrogens is 425 g/mol. The third-order valence-electron chi connectivity index (χ3n) is 5.67. The zero-order chi connectivity index (χ0) is 22.8. The second-order valence-electron chi connectivity index (χ2n) is 8.02. The lowest BCUT2D eigenvalue weighted by molar-refractivity contribution is 0.0809. The van der Waals surface area contributed by atoms with Gasteiger partial charge in [-0.1, -0.05) is 6.07 Å². The van der Waals surface area contributed by atoms with E-state index in [-0.39, 0.29) is 17.5 Å². The predicted molar refractivity (Wildman–Crippen MR) is 122 cm³/mol. The molecular formula is C23H24FN7O2. The Hall–Kier alpha value is -3.79. The van der Waals surface area contributed by atoms with Crippen molar-refractivity contribution >= 4 is 22.5 Å². The Balaban J connectivity index is 1.36. The lowest BCUT2D eigenvalue weighted by Crippen LogP contribution is -2.29. The number of nitrogens with zero attached hydrogens (tertiary/aromatic N) is 4. The van der Waals surface area contributed by atoms with Gasteiger partial charge in [0.25, 0.3) is 5.91 Å². The van der Waals surface area contributed by atoms with Crippen LogP contribution in [0, 0.1) is 0 Å². The number of carbonyl (C=O) groups is 1. The summed E-state index contributed by atoms with van der Waals surface area (Å²) in [5.41, 5.74) is 3.43. The van der Waals surface area contributed by atoms with Crippen LogP contribution >= 0.6 is 0 Å². The molecule has 1 aliphatic rings. The lowest BCUT2D eigenvalue weighted by atomic mass is 10.1. The number of aromatic amines is 1. The fraction of sp³-hybridized carbons (Fsp3) is 0.304. The van der Waals surface area contributed by atoms with Gasteiger partial charge in [-0.2, -0.15) is 10.2 Å². The van der Waals surface area contributed by atoms with Crippen molar-refractivity contribution in [3.63, 3.8) is 0 Å². The number of hydrogen-bond acceptors (Lipinski definition) is 6. The summed E-state index contributed by atoms with van der Waals surface area (Å²) in [6.07, 6.45) is 5.98. The molecule has 10 heteroatoms. The number of piperidine rings is 1. The van der Waals surface area contributed by atoms with Crippen molar-refractivity contribution < 1.29 is 13.9 Å². The summed E-state index contributed by atoms with van der Waals surface area (Å²) in [6.45, 7) is 3.27. The van der Waals surface area contributed by atoms with Gasteiger partial charge in [0.1, 0.15) is 0 Å². The lowest BCUT2D eigenvalue weighted by Gasteiger charge is -2.22. The molecule has 0 radical (unpaired) electrons. The molecule has 1 saturated heterocycles. The van der Waals surface area contributed by atoms with Crippen molar-refractivity contribution in [2.75, 3.05) is 18.4 Å². The second-order valence-corrected chi connectivity index (χ2v) is 8.02. The van der Waals surface area contributed by atoms with Gasteiger partial charge in [-0.25, -0.2) is 9.37 Å². The van der Waals surface area contributed by atoms with Crippen LogP contribution in [-0.4, -0.2) is 50.3 Å². The summed E-state index contributed by atoms with van der Waals surface area (Å²) in [5, 5.41) is 18.5. The number of hydrogen-bond donors (Lipinski definition) is 3. The Morgan fingerprint density at radius 2 is 2.06 bits per heavy atom. The van der Waals surface area contributed by atoms with E-state index < -0.39 is 6.36 Å². The molecule has 4 heterocycles. The number of fused-ring (bicyclic) bond motifs is 1. The van der Waals surface area contributed by atoms with E-state index in [0.29, 0.717) is 17.1 Å². The Morgan fingerprint density at radius 3 is 2.82 bits per heavy atom. The summed E-state index contributed by atoms with van der Waals surface area (Å²) in [7, 11) is 0. The van der Waals surface area contributed by atoms with Crippen LogP contribution in [0.15, 0.2) is 48.9 Å². The first kappa shape index (κ1) is 21.1. The van der Waals surface area contributed by atoms with Crippen molar-refractivity contribution in [2.45, 2.75) is 32.2 Å². The quantitative estimate of drug-likeness (QED) is 0.414. The van der Waals surface area contributed by atoms with Gasteiger partial charge in [0, 0.05) is 30.1 Å². The Morgan fingerprint density at radius 1 is 1.21 bits per heavy atom. The first-order chi connectivity index (χ1) is 16.1. The van der Waals surface area contributed by atoms with E-state index in [9.17, 15) is 9.18 Å². The minimum Gasteiger partial charge on any atom is -0.444 e. The van der Waals surface area contributed by atoms with Crippen LogP contribution in [0.3, 0.4) is 0 Å². The molecule has 0 spiro atoms. The number of alkyl halides is 1. The Bertz CT molecular complexity index is 1260. The van der Waals surface area contributed by atoms with Crippen LogP contribution in [-0.2, 0) is 0 Å². The summed E-state index contributed by atoms with van der Waals surface area (Å²) in [4.78, 5) is 16.9. The van der Waals surface area contributed by atoms with Gasteiger partial charge in [-0.15, -0.1) is 0 Å². The summed E-state index contributed by atoms with van der Waals surface area (Å²) in [5.74, 6) is -0.235. The van der Waals surface area contributed by atoms with Gasteiger partial charge in [0.2, 0.25) is 12.2 Å². The molecule has 9 nitrogen and oxygen atoms in total. The van der Waals surface area contributed by atoms with Crippen molar-refractivity contribution in [3.05, 3.63) is 54.6 Å². The van der Waals surface area contributed by atoms with Crippen LogP contribution in [0.2, 0.25) is 0 Å². The molecule has 170 valence electrons. The molecule has 5 rings (SSSR count). The van der Waals surface area contributed by atoms with E-state index in [1.54, 1.807) is 6.07 Å². The zero-order valence-corrected chi connectivity index (χ0v) is 18.1. The number of aromatic nitrogens is 5. The fourth-order valence-corrected chi connectivity index (χ4v) is 4.01. The number of ether oxygens (including phenoxy) is 1. The van der Waals surface area contributed by atoms with Crippen molar-refractivity contribution in [1.29, 1.82) is 0 Å². The minimum atomic E-state index is -1.46. The summed E-state index contributed by atoms with van der Waals surface area (Å²) in [6, 6.07) is 9.32. The summed E-state index contributed by atoms with van der Waals surface area (Å²) >= 11 is 0. The molecule has 1 atom stereocenters. The van der Waals surface area contributed by atoms with Crippen LogP contribution in [0.25, 0.3) is 22.0 Å². The van der Waals surface area contributed by atoms with Crippen molar-refractivity contribution in [1.82, 2.24) is 30.3 Å². The average Bonchev–Trinajstić information content (AvgIpc) is 3.48. The minimum absolute atomic E-state index is 0.142. The maximum absolute atomic E-state index is 12.9. The van der Waals surface area contributed by atoms with E-state index in [2.05, 4.69) is 37.1 Å². The highest BCUT2D eigenvalue weighted by atomic mass is 19.1. The molecule has 0 bridgehead atoms. The number of amides is 1. The third-order valence-corrected chi connectivity index (χ3v) is 5.67. The molecule has 1 aliphatic heterocycles. The van der Waals surface area contributed by atoms with E-state index >= 15 is 0 Å². The molecule has 4 aromatic rings. The highest BCUT2D eigenvalue weighted by Gasteiger charge is 2.18. The molecule has 33 heavy (non-hydrogen) atoms. The van der Waals surface area contributed by atoms with Crippen molar-refractivity contribution in [3.8, 4) is 17.0 Å². The molecule has 3 aromatic heterocycles. The SMILES string of the molecule is CC(F)Oc1ccc(NC(=O)c2n[nH]c3ccc(-c4cnn(C5CCNCC5)c4)cc23)cn1. The molecule has 1 amide bonds. The Kier molecular flexibility index (Phi) is 5.74. The van der Waals surface area contributed by atoms with E-state index in [4.69, 9.17) is 4.74 Å². The molecule has 1 aromatic carbocycles. The smallest absolute Gasteiger partial charge is 0.276 e. The fourth-order valence-electron chi connectivity index (χ4n) is 4.01. The molecule has 3 N–H and O–H groups in total. The number of pyridine rings is 1. The van der Waals surface area contributed by atoms with E-state index in [1.165, 1.54) is 19.2 Å². The molecule has 0 saturated carbocycles. The van der Waals surface area contributed by atoms with Gasteiger partial charge in [0.05, 0.1) is 29.6 Å². The van der Waals surface area contributed by atoms with Crippen LogP contribution < -0.4 is 15.4 Å². The van der Waals surface area contributed by atoms with Gasteiger partial charge < -0.3 is 15.4 Å². The second kappa shape index (κ2) is 8.99. The van der Waals surface area contributed by atoms with Gasteiger partial charge >= 0.3 is 0 Å². The molecule has 1 unspecified atom stereocenters. The van der Waals surface area contributed by atoms with E-state index in [1.807, 2.05) is 29.1 Å². The van der Waals surface area contributed by atoms with Crippen LogP contribution in [0.4, 0.5) is 10.1 Å². The van der Waals surface area contributed by atoms with Crippen molar-refractivity contribution in [2.24, 2.45) is 0 Å². The highest BCUT2D eigenvalue weighted by Crippen LogP contribution is 2.27. The highest BCUT2D eigenvalue weighted by molar-refractivity contribution is 6.11. The maximum Gasteiger partial charge on any atom is 0.276 e. The van der Waals surface area contributed by atoms with Gasteiger partial charge in [0.15, 0.2) is 5.69 Å².